The molecule has 0 saturated carbocycles. The normalized spacial score (nSPS) is 11.5. The zero-order valence-corrected chi connectivity index (χ0v) is 18.2. The van der Waals surface area contributed by atoms with Crippen molar-refractivity contribution >= 4 is 44.0 Å². The van der Waals surface area contributed by atoms with Gasteiger partial charge < -0.3 is 14.5 Å². The standard InChI is InChI=1S/C21H20ClNO6S/c1-12-15-6-4-13(28-2)10-19(15)29-21(25)16(12)7-9-20(24)23-18-11-14(30(3,26)27)5-8-17(18)22/h4-6,8,10-11H,7,9H2,1-3H3,(H,23,24). The fraction of sp³-hybridized carbons (Fsp3) is 0.238. The Morgan fingerprint density at radius 3 is 2.60 bits per heavy atom. The molecule has 0 aliphatic rings. The van der Waals surface area contributed by atoms with Crippen molar-refractivity contribution in [3.63, 3.8) is 0 Å². The van der Waals surface area contributed by atoms with E-state index in [2.05, 4.69) is 5.32 Å². The molecule has 0 atom stereocenters. The number of nitrogens with one attached hydrogen (secondary N) is 1. The molecule has 0 saturated heterocycles. The Bertz CT molecular complexity index is 1300. The van der Waals surface area contributed by atoms with Crippen molar-refractivity contribution < 1.29 is 22.4 Å². The van der Waals surface area contributed by atoms with Crippen molar-refractivity contribution in [1.29, 1.82) is 0 Å². The lowest BCUT2D eigenvalue weighted by Crippen LogP contribution is -2.17. The predicted octanol–water partition coefficient (Wildman–Crippen LogP) is 3.74. The van der Waals surface area contributed by atoms with E-state index in [4.69, 9.17) is 20.8 Å². The van der Waals surface area contributed by atoms with Crippen LogP contribution in [0.15, 0.2) is 50.5 Å². The number of fused-ring (bicyclic) bond motifs is 1. The summed E-state index contributed by atoms with van der Waals surface area (Å²) >= 11 is 6.06. The van der Waals surface area contributed by atoms with Crippen LogP contribution >= 0.6 is 11.6 Å². The summed E-state index contributed by atoms with van der Waals surface area (Å²) in [5.41, 5.74) is 1.22. The number of hydrogen-bond donors (Lipinski definition) is 1. The van der Waals surface area contributed by atoms with Gasteiger partial charge in [-0.15, -0.1) is 0 Å². The third-order valence-electron chi connectivity index (χ3n) is 4.74. The Hall–Kier alpha value is -2.84. The molecular weight excluding hydrogens is 430 g/mol. The highest BCUT2D eigenvalue weighted by Gasteiger charge is 2.16. The molecule has 1 heterocycles. The SMILES string of the molecule is COc1ccc2c(C)c(CCC(=O)Nc3cc(S(C)(=O)=O)ccc3Cl)c(=O)oc2c1. The van der Waals surface area contributed by atoms with E-state index in [0.717, 1.165) is 17.2 Å². The summed E-state index contributed by atoms with van der Waals surface area (Å²) in [4.78, 5) is 24.9. The molecule has 0 aliphatic carbocycles. The lowest BCUT2D eigenvalue weighted by Gasteiger charge is -2.10. The number of sulfone groups is 1. The van der Waals surface area contributed by atoms with Crippen LogP contribution in [0.1, 0.15) is 17.5 Å². The van der Waals surface area contributed by atoms with Crippen LogP contribution in [0.3, 0.4) is 0 Å². The van der Waals surface area contributed by atoms with Crippen LogP contribution in [-0.2, 0) is 21.1 Å². The molecule has 0 bridgehead atoms. The van der Waals surface area contributed by atoms with Crippen LogP contribution in [0, 0.1) is 6.92 Å². The number of rotatable bonds is 6. The summed E-state index contributed by atoms with van der Waals surface area (Å²) in [6.45, 7) is 1.80. The molecular formula is C21H20ClNO6S. The van der Waals surface area contributed by atoms with Gasteiger partial charge in [-0.05, 0) is 49.2 Å². The number of aryl methyl sites for hydroxylation is 1. The van der Waals surface area contributed by atoms with Crippen molar-refractivity contribution in [3.8, 4) is 5.75 Å². The molecule has 30 heavy (non-hydrogen) atoms. The second-order valence-corrected chi connectivity index (χ2v) is 9.24. The number of methoxy groups -OCH3 is 1. The molecule has 158 valence electrons. The minimum atomic E-state index is -3.44. The third kappa shape index (κ3) is 4.66. The molecule has 0 spiro atoms. The Morgan fingerprint density at radius 2 is 1.93 bits per heavy atom. The fourth-order valence-electron chi connectivity index (χ4n) is 3.07. The van der Waals surface area contributed by atoms with Crippen LogP contribution in [0.4, 0.5) is 5.69 Å². The second-order valence-electron chi connectivity index (χ2n) is 6.82. The molecule has 7 nitrogen and oxygen atoms in total. The van der Waals surface area contributed by atoms with Gasteiger partial charge in [-0.3, -0.25) is 4.79 Å². The molecule has 0 fully saturated rings. The highest BCUT2D eigenvalue weighted by atomic mass is 35.5. The number of carbonyl (C=O) groups is 1. The Morgan fingerprint density at radius 1 is 1.20 bits per heavy atom. The van der Waals surface area contributed by atoms with E-state index in [1.54, 1.807) is 25.1 Å². The van der Waals surface area contributed by atoms with Crippen LogP contribution < -0.4 is 15.7 Å². The maximum atomic E-state index is 12.4. The largest absolute Gasteiger partial charge is 0.497 e. The molecule has 0 unspecified atom stereocenters. The van der Waals surface area contributed by atoms with Gasteiger partial charge in [0.15, 0.2) is 9.84 Å². The Kier molecular flexibility index (Phi) is 6.19. The van der Waals surface area contributed by atoms with Crippen molar-refractivity contribution in [2.24, 2.45) is 0 Å². The summed E-state index contributed by atoms with van der Waals surface area (Å²) in [5, 5.41) is 3.57. The number of benzene rings is 2. The fourth-order valence-corrected chi connectivity index (χ4v) is 3.88. The van der Waals surface area contributed by atoms with E-state index >= 15 is 0 Å². The first-order valence-corrected chi connectivity index (χ1v) is 11.3. The first-order chi connectivity index (χ1) is 14.1. The van der Waals surface area contributed by atoms with E-state index in [1.807, 2.05) is 0 Å². The first-order valence-electron chi connectivity index (χ1n) is 9.00. The number of amides is 1. The highest BCUT2D eigenvalue weighted by molar-refractivity contribution is 7.90. The van der Waals surface area contributed by atoms with Crippen LogP contribution in [-0.4, -0.2) is 27.7 Å². The van der Waals surface area contributed by atoms with Gasteiger partial charge in [-0.1, -0.05) is 11.6 Å². The molecule has 2 aromatic carbocycles. The zero-order chi connectivity index (χ0) is 22.1. The second kappa shape index (κ2) is 8.49. The van der Waals surface area contributed by atoms with Crippen molar-refractivity contribution in [1.82, 2.24) is 0 Å². The van der Waals surface area contributed by atoms with Gasteiger partial charge >= 0.3 is 5.63 Å². The van der Waals surface area contributed by atoms with E-state index in [0.29, 0.717) is 16.9 Å². The number of hydrogen-bond acceptors (Lipinski definition) is 6. The molecule has 0 radical (unpaired) electrons. The minimum Gasteiger partial charge on any atom is -0.497 e. The third-order valence-corrected chi connectivity index (χ3v) is 6.18. The summed E-state index contributed by atoms with van der Waals surface area (Å²) in [6.07, 6.45) is 1.22. The van der Waals surface area contributed by atoms with E-state index < -0.39 is 21.4 Å². The van der Waals surface area contributed by atoms with Crippen molar-refractivity contribution in [2.45, 2.75) is 24.7 Å². The zero-order valence-electron chi connectivity index (χ0n) is 16.6. The van der Waals surface area contributed by atoms with E-state index in [-0.39, 0.29) is 28.4 Å². The summed E-state index contributed by atoms with van der Waals surface area (Å²) < 4.78 is 33.9. The summed E-state index contributed by atoms with van der Waals surface area (Å²) in [7, 11) is -1.92. The smallest absolute Gasteiger partial charge is 0.339 e. The topological polar surface area (TPSA) is 103 Å². The van der Waals surface area contributed by atoms with Gasteiger partial charge in [0.1, 0.15) is 11.3 Å². The molecule has 3 rings (SSSR count). The average Bonchev–Trinajstić information content (AvgIpc) is 2.68. The van der Waals surface area contributed by atoms with Gasteiger partial charge in [0, 0.05) is 29.7 Å². The number of carbonyl (C=O) groups excluding carboxylic acids is 1. The van der Waals surface area contributed by atoms with Gasteiger partial charge in [-0.25, -0.2) is 13.2 Å². The average molecular weight is 450 g/mol. The Balaban J connectivity index is 1.80. The molecule has 9 heteroatoms. The maximum absolute atomic E-state index is 12.4. The molecule has 1 N–H and O–H groups in total. The molecule has 1 amide bonds. The van der Waals surface area contributed by atoms with Gasteiger partial charge in [0.2, 0.25) is 5.91 Å². The number of anilines is 1. The van der Waals surface area contributed by atoms with Crippen molar-refractivity contribution in [3.05, 3.63) is 63.0 Å². The molecule has 0 aliphatic heterocycles. The highest BCUT2D eigenvalue weighted by Crippen LogP contribution is 2.26. The van der Waals surface area contributed by atoms with Gasteiger partial charge in [0.05, 0.1) is 22.7 Å². The maximum Gasteiger partial charge on any atom is 0.339 e. The lowest BCUT2D eigenvalue weighted by atomic mass is 10.0. The molecule has 1 aromatic heterocycles. The van der Waals surface area contributed by atoms with Crippen LogP contribution in [0.25, 0.3) is 11.0 Å². The van der Waals surface area contributed by atoms with Gasteiger partial charge in [0.25, 0.3) is 0 Å². The monoisotopic (exact) mass is 449 g/mol. The van der Waals surface area contributed by atoms with E-state index in [1.165, 1.54) is 25.3 Å². The summed E-state index contributed by atoms with van der Waals surface area (Å²) in [5.74, 6) is 0.168. The predicted molar refractivity (Wildman–Crippen MR) is 115 cm³/mol. The number of ether oxygens (including phenoxy) is 1. The van der Waals surface area contributed by atoms with Crippen LogP contribution in [0.2, 0.25) is 5.02 Å². The van der Waals surface area contributed by atoms with Crippen LogP contribution in [0.5, 0.6) is 5.75 Å². The quantitative estimate of drug-likeness (QED) is 0.575. The Labute approximate surface area is 178 Å². The van der Waals surface area contributed by atoms with Crippen molar-refractivity contribution in [2.75, 3.05) is 18.7 Å². The van der Waals surface area contributed by atoms with Gasteiger partial charge in [-0.2, -0.15) is 0 Å². The first kappa shape index (κ1) is 21.9. The minimum absolute atomic E-state index is 0.00725. The number of halogens is 1. The molecule has 3 aromatic rings. The summed E-state index contributed by atoms with van der Waals surface area (Å²) in [6, 6.07) is 9.28. The lowest BCUT2D eigenvalue weighted by molar-refractivity contribution is -0.116. The van der Waals surface area contributed by atoms with E-state index in [9.17, 15) is 18.0 Å².